The third-order valence-corrected chi connectivity index (χ3v) is 4.02. The van der Waals surface area contributed by atoms with Gasteiger partial charge in [0.1, 0.15) is 12.4 Å². The second-order valence-electron chi connectivity index (χ2n) is 5.60. The Morgan fingerprint density at radius 1 is 1.12 bits per heavy atom. The fourth-order valence-corrected chi connectivity index (χ4v) is 2.76. The third-order valence-electron chi connectivity index (χ3n) is 4.02. The Balaban J connectivity index is 1.51. The van der Waals surface area contributed by atoms with Gasteiger partial charge in [0.25, 0.3) is 11.8 Å². The monoisotopic (exact) mass is 322 g/mol. The number of amides is 2. The molecule has 2 aromatic heterocycles. The molecule has 1 aliphatic rings. The third kappa shape index (κ3) is 2.21. The second kappa shape index (κ2) is 5.45. The van der Waals surface area contributed by atoms with E-state index in [1.807, 2.05) is 31.2 Å². The molecule has 0 aliphatic carbocycles. The van der Waals surface area contributed by atoms with Gasteiger partial charge in [0, 0.05) is 6.20 Å². The number of hydrogen-bond acceptors (Lipinski definition) is 5. The van der Waals surface area contributed by atoms with Gasteiger partial charge in [-0.1, -0.05) is 17.7 Å². The van der Waals surface area contributed by atoms with E-state index in [4.69, 9.17) is 4.74 Å². The van der Waals surface area contributed by atoms with Crippen molar-refractivity contribution < 1.29 is 14.3 Å². The number of ether oxygens (including phenoxy) is 1. The van der Waals surface area contributed by atoms with Crippen molar-refractivity contribution in [3.63, 3.8) is 0 Å². The van der Waals surface area contributed by atoms with E-state index in [9.17, 15) is 9.59 Å². The van der Waals surface area contributed by atoms with Crippen molar-refractivity contribution in [1.29, 1.82) is 0 Å². The molecule has 3 heterocycles. The Hall–Kier alpha value is -3.22. The van der Waals surface area contributed by atoms with Crippen molar-refractivity contribution in [2.45, 2.75) is 6.92 Å². The van der Waals surface area contributed by atoms with Gasteiger partial charge in [0.05, 0.1) is 29.3 Å². The summed E-state index contributed by atoms with van der Waals surface area (Å²) in [5, 5.41) is 7.14. The Labute approximate surface area is 137 Å². The molecule has 0 saturated heterocycles. The predicted octanol–water partition coefficient (Wildman–Crippen LogP) is 1.94. The van der Waals surface area contributed by atoms with Crippen LogP contribution >= 0.6 is 0 Å². The first-order valence-electron chi connectivity index (χ1n) is 7.53. The van der Waals surface area contributed by atoms with E-state index in [0.29, 0.717) is 27.9 Å². The molecule has 0 radical (unpaired) electrons. The van der Waals surface area contributed by atoms with Gasteiger partial charge < -0.3 is 4.74 Å². The van der Waals surface area contributed by atoms with Gasteiger partial charge in [0.15, 0.2) is 5.65 Å². The number of nitrogens with zero attached hydrogens (tertiary/aromatic N) is 3. The lowest BCUT2D eigenvalue weighted by atomic mass is 10.1. The molecule has 4 rings (SSSR count). The van der Waals surface area contributed by atoms with E-state index in [0.717, 1.165) is 5.56 Å². The lowest BCUT2D eigenvalue weighted by molar-refractivity contribution is 0.0632. The molecule has 1 aliphatic heterocycles. The van der Waals surface area contributed by atoms with Gasteiger partial charge in [-0.05, 0) is 19.1 Å². The van der Waals surface area contributed by atoms with Gasteiger partial charge >= 0.3 is 0 Å². The number of aromatic amines is 1. The summed E-state index contributed by atoms with van der Waals surface area (Å²) in [4.78, 5) is 30.3. The van der Waals surface area contributed by atoms with Crippen molar-refractivity contribution in [3.8, 4) is 5.75 Å². The predicted molar refractivity (Wildman–Crippen MR) is 85.9 cm³/mol. The first kappa shape index (κ1) is 14.4. The van der Waals surface area contributed by atoms with E-state index in [-0.39, 0.29) is 25.0 Å². The highest BCUT2D eigenvalue weighted by atomic mass is 16.5. The minimum Gasteiger partial charge on any atom is -0.492 e. The minimum absolute atomic E-state index is 0.180. The van der Waals surface area contributed by atoms with Crippen LogP contribution in [0.15, 0.2) is 36.7 Å². The molecular formula is C17H14N4O3. The van der Waals surface area contributed by atoms with Gasteiger partial charge in [-0.25, -0.2) is 4.98 Å². The molecule has 1 N–H and O–H groups in total. The standard InChI is InChI=1S/C17H14N4O3/c1-10-2-4-11(5-3-10)24-7-6-21-16(22)13-8-18-15-12(9-19-20-15)14(13)17(21)23/h2-5,8-9H,6-7H2,1H3,(H,18,19,20). The molecular weight excluding hydrogens is 308 g/mol. The van der Waals surface area contributed by atoms with Gasteiger partial charge in [-0.15, -0.1) is 0 Å². The molecule has 2 amide bonds. The maximum Gasteiger partial charge on any atom is 0.263 e. The van der Waals surface area contributed by atoms with Crippen LogP contribution in [0.25, 0.3) is 11.0 Å². The molecule has 0 fully saturated rings. The van der Waals surface area contributed by atoms with Crippen molar-refractivity contribution in [2.75, 3.05) is 13.2 Å². The molecule has 24 heavy (non-hydrogen) atoms. The van der Waals surface area contributed by atoms with E-state index < -0.39 is 0 Å². The normalized spacial score (nSPS) is 13.6. The smallest absolute Gasteiger partial charge is 0.263 e. The molecule has 120 valence electrons. The fraction of sp³-hybridized carbons (Fsp3) is 0.176. The van der Waals surface area contributed by atoms with Crippen LogP contribution in [0, 0.1) is 6.92 Å². The van der Waals surface area contributed by atoms with Crippen LogP contribution in [-0.4, -0.2) is 45.0 Å². The molecule has 0 unspecified atom stereocenters. The molecule has 7 nitrogen and oxygen atoms in total. The van der Waals surface area contributed by atoms with E-state index in [2.05, 4.69) is 15.2 Å². The van der Waals surface area contributed by atoms with Crippen molar-refractivity contribution in [1.82, 2.24) is 20.1 Å². The van der Waals surface area contributed by atoms with Gasteiger partial charge in [-0.3, -0.25) is 19.6 Å². The van der Waals surface area contributed by atoms with Crippen LogP contribution in [0.3, 0.4) is 0 Å². The first-order valence-corrected chi connectivity index (χ1v) is 7.53. The molecule has 3 aromatic rings. The highest BCUT2D eigenvalue weighted by Crippen LogP contribution is 2.27. The number of nitrogens with one attached hydrogen (secondary N) is 1. The van der Waals surface area contributed by atoms with Crippen LogP contribution in [0.2, 0.25) is 0 Å². The van der Waals surface area contributed by atoms with Crippen LogP contribution < -0.4 is 4.74 Å². The zero-order valence-electron chi connectivity index (χ0n) is 12.9. The number of imide groups is 1. The number of aryl methyl sites for hydroxylation is 1. The highest BCUT2D eigenvalue weighted by molar-refractivity contribution is 6.25. The zero-order chi connectivity index (χ0) is 16.7. The lowest BCUT2D eigenvalue weighted by Crippen LogP contribution is -2.33. The number of H-pyrrole nitrogens is 1. The maximum atomic E-state index is 12.6. The summed E-state index contributed by atoms with van der Waals surface area (Å²) in [6, 6.07) is 7.60. The largest absolute Gasteiger partial charge is 0.492 e. The quantitative estimate of drug-likeness (QED) is 0.742. The highest BCUT2D eigenvalue weighted by Gasteiger charge is 2.37. The number of fused-ring (bicyclic) bond motifs is 3. The van der Waals surface area contributed by atoms with Crippen molar-refractivity contribution in [2.24, 2.45) is 0 Å². The Morgan fingerprint density at radius 2 is 1.92 bits per heavy atom. The van der Waals surface area contributed by atoms with Crippen LogP contribution in [-0.2, 0) is 0 Å². The number of carbonyl (C=O) groups excluding carboxylic acids is 2. The average molecular weight is 322 g/mol. The van der Waals surface area contributed by atoms with Gasteiger partial charge in [-0.2, -0.15) is 5.10 Å². The summed E-state index contributed by atoms with van der Waals surface area (Å²) in [6.07, 6.45) is 2.93. The number of rotatable bonds is 4. The van der Waals surface area contributed by atoms with Crippen LogP contribution in [0.5, 0.6) is 5.75 Å². The van der Waals surface area contributed by atoms with Crippen LogP contribution in [0.1, 0.15) is 26.3 Å². The number of benzene rings is 1. The average Bonchev–Trinajstić information content (AvgIpc) is 3.15. The SMILES string of the molecule is Cc1ccc(OCCN2C(=O)c3cnc4[nH]ncc4c3C2=O)cc1. The first-order chi connectivity index (χ1) is 11.6. The Morgan fingerprint density at radius 3 is 2.71 bits per heavy atom. The van der Waals surface area contributed by atoms with Crippen molar-refractivity contribution in [3.05, 3.63) is 53.3 Å². The molecule has 7 heteroatoms. The Bertz CT molecular complexity index is 946. The second-order valence-corrected chi connectivity index (χ2v) is 5.60. The lowest BCUT2D eigenvalue weighted by Gasteiger charge is -2.14. The van der Waals surface area contributed by atoms with E-state index in [1.165, 1.54) is 17.3 Å². The summed E-state index contributed by atoms with van der Waals surface area (Å²) >= 11 is 0. The summed E-state index contributed by atoms with van der Waals surface area (Å²) in [5.74, 6) is 0.0190. The molecule has 1 aromatic carbocycles. The fourth-order valence-electron chi connectivity index (χ4n) is 2.76. The molecule has 0 atom stereocenters. The van der Waals surface area contributed by atoms with E-state index in [1.54, 1.807) is 0 Å². The molecule has 0 bridgehead atoms. The summed E-state index contributed by atoms with van der Waals surface area (Å²) < 4.78 is 5.61. The summed E-state index contributed by atoms with van der Waals surface area (Å²) in [5.41, 5.74) is 2.30. The zero-order valence-corrected chi connectivity index (χ0v) is 12.9. The number of pyridine rings is 1. The van der Waals surface area contributed by atoms with Crippen molar-refractivity contribution >= 4 is 22.8 Å². The maximum absolute atomic E-state index is 12.6. The number of hydrogen-bond donors (Lipinski definition) is 1. The molecule has 0 saturated carbocycles. The molecule has 0 spiro atoms. The summed E-state index contributed by atoms with van der Waals surface area (Å²) in [7, 11) is 0. The van der Waals surface area contributed by atoms with Crippen LogP contribution in [0.4, 0.5) is 0 Å². The number of aromatic nitrogens is 3. The minimum atomic E-state index is -0.349. The van der Waals surface area contributed by atoms with Gasteiger partial charge in [0.2, 0.25) is 0 Å². The number of carbonyl (C=O) groups is 2. The Kier molecular flexibility index (Phi) is 3.26. The summed E-state index contributed by atoms with van der Waals surface area (Å²) in [6.45, 7) is 2.41. The van der Waals surface area contributed by atoms with E-state index >= 15 is 0 Å². The topological polar surface area (TPSA) is 88.2 Å².